The van der Waals surface area contributed by atoms with Crippen LogP contribution in [0.25, 0.3) is 0 Å². The molecule has 0 aliphatic carbocycles. The van der Waals surface area contributed by atoms with E-state index in [1.54, 1.807) is 18.2 Å². The third-order valence-electron chi connectivity index (χ3n) is 5.18. The lowest BCUT2D eigenvalue weighted by Gasteiger charge is -2.29. The molecular formula is C20H18FN3O5S. The highest BCUT2D eigenvalue weighted by molar-refractivity contribution is 7.89. The van der Waals surface area contributed by atoms with Gasteiger partial charge in [0.2, 0.25) is 21.8 Å². The maximum absolute atomic E-state index is 13.0. The molecule has 2 heterocycles. The molecule has 1 unspecified atom stereocenters. The van der Waals surface area contributed by atoms with Crippen LogP contribution in [-0.4, -0.2) is 37.1 Å². The van der Waals surface area contributed by atoms with Gasteiger partial charge in [0.05, 0.1) is 4.90 Å². The molecule has 1 fully saturated rings. The van der Waals surface area contributed by atoms with Crippen LogP contribution in [0, 0.1) is 5.82 Å². The molecule has 0 saturated carbocycles. The normalized spacial score (nSPS) is 19.0. The van der Waals surface area contributed by atoms with Gasteiger partial charge in [-0.25, -0.2) is 17.5 Å². The van der Waals surface area contributed by atoms with Crippen LogP contribution in [0.2, 0.25) is 0 Å². The first-order valence-corrected chi connectivity index (χ1v) is 10.7. The molecule has 0 spiro atoms. The molecule has 30 heavy (non-hydrogen) atoms. The summed E-state index contributed by atoms with van der Waals surface area (Å²) in [6.07, 6.45) is 0.446. The minimum atomic E-state index is -3.84. The van der Waals surface area contributed by atoms with Gasteiger partial charge in [-0.15, -0.1) is 0 Å². The smallest absolute Gasteiger partial charge is 0.255 e. The molecule has 2 aliphatic heterocycles. The number of hydrogen-bond acceptors (Lipinski definition) is 5. The molecule has 2 aromatic carbocycles. The van der Waals surface area contributed by atoms with Crippen molar-refractivity contribution >= 4 is 27.7 Å². The van der Waals surface area contributed by atoms with Gasteiger partial charge in [0.1, 0.15) is 11.9 Å². The lowest BCUT2D eigenvalue weighted by molar-refractivity contribution is -0.136. The average Bonchev–Trinajstić information content (AvgIpc) is 3.03. The second-order valence-electron chi connectivity index (χ2n) is 7.17. The van der Waals surface area contributed by atoms with E-state index in [2.05, 4.69) is 10.0 Å². The Hall–Kier alpha value is -3.11. The molecule has 2 aliphatic rings. The summed E-state index contributed by atoms with van der Waals surface area (Å²) in [6, 6.07) is 8.77. The maximum atomic E-state index is 13.0. The highest BCUT2D eigenvalue weighted by Crippen LogP contribution is 2.28. The van der Waals surface area contributed by atoms with Crippen LogP contribution in [0.1, 0.15) is 34.3 Å². The van der Waals surface area contributed by atoms with Crippen molar-refractivity contribution in [1.29, 1.82) is 0 Å². The molecule has 1 atom stereocenters. The number of nitrogens with one attached hydrogen (secondary N) is 2. The summed E-state index contributed by atoms with van der Waals surface area (Å²) in [5.74, 6) is -1.70. The lowest BCUT2D eigenvalue weighted by Crippen LogP contribution is -2.52. The summed E-state index contributed by atoms with van der Waals surface area (Å²) < 4.78 is 40.1. The van der Waals surface area contributed by atoms with E-state index in [1.807, 2.05) is 0 Å². The molecule has 8 nitrogen and oxygen atoms in total. The quantitative estimate of drug-likeness (QED) is 0.688. The van der Waals surface area contributed by atoms with Gasteiger partial charge in [0.25, 0.3) is 5.91 Å². The van der Waals surface area contributed by atoms with Crippen molar-refractivity contribution in [3.63, 3.8) is 0 Å². The SMILES string of the molecule is O=C1CCC(N2Cc3ccc(CNS(=O)(=O)c4ccc(F)cc4)cc3C2=O)C(=O)N1. The summed E-state index contributed by atoms with van der Waals surface area (Å²) >= 11 is 0. The standard InChI is InChI=1S/C20H18FN3O5S/c21-14-3-5-15(6-4-14)30(28,29)22-10-12-1-2-13-11-24(20(27)16(13)9-12)17-7-8-18(25)23-19(17)26/h1-6,9,17,22H,7-8,10-11H2,(H,23,25,26). The van der Waals surface area contributed by atoms with Gasteiger partial charge in [0, 0.05) is 25.1 Å². The topological polar surface area (TPSA) is 113 Å². The molecule has 0 aromatic heterocycles. The number of nitrogens with zero attached hydrogens (tertiary/aromatic N) is 1. The first-order valence-electron chi connectivity index (χ1n) is 9.26. The van der Waals surface area contributed by atoms with Gasteiger partial charge in [-0.1, -0.05) is 12.1 Å². The minimum Gasteiger partial charge on any atom is -0.322 e. The molecule has 0 radical (unpaired) electrons. The zero-order valence-electron chi connectivity index (χ0n) is 15.7. The fourth-order valence-electron chi connectivity index (χ4n) is 3.59. The van der Waals surface area contributed by atoms with Gasteiger partial charge in [-0.3, -0.25) is 19.7 Å². The minimum absolute atomic E-state index is 0.0569. The van der Waals surface area contributed by atoms with Gasteiger partial charge < -0.3 is 4.90 Å². The Morgan fingerprint density at radius 2 is 1.83 bits per heavy atom. The van der Waals surface area contributed by atoms with Crippen molar-refractivity contribution < 1.29 is 27.2 Å². The Balaban J connectivity index is 1.48. The maximum Gasteiger partial charge on any atom is 0.255 e. The Bertz CT molecular complexity index is 1150. The fourth-order valence-corrected chi connectivity index (χ4v) is 4.60. The van der Waals surface area contributed by atoms with Crippen molar-refractivity contribution in [2.24, 2.45) is 0 Å². The van der Waals surface area contributed by atoms with Crippen LogP contribution >= 0.6 is 0 Å². The predicted octanol–water partition coefficient (Wildman–Crippen LogP) is 1.07. The number of halogens is 1. The highest BCUT2D eigenvalue weighted by atomic mass is 32.2. The zero-order valence-corrected chi connectivity index (χ0v) is 16.5. The Morgan fingerprint density at radius 1 is 1.10 bits per heavy atom. The fraction of sp³-hybridized carbons (Fsp3) is 0.250. The zero-order chi connectivity index (χ0) is 21.5. The van der Waals surface area contributed by atoms with Crippen LogP contribution in [-0.2, 0) is 32.7 Å². The van der Waals surface area contributed by atoms with E-state index in [-0.39, 0.29) is 42.6 Å². The lowest BCUT2D eigenvalue weighted by atomic mass is 10.0. The Kier molecular flexibility index (Phi) is 5.12. The van der Waals surface area contributed by atoms with Gasteiger partial charge in [-0.05, 0) is 47.9 Å². The number of carbonyl (C=O) groups is 3. The van der Waals surface area contributed by atoms with Gasteiger partial charge in [-0.2, -0.15) is 0 Å². The summed E-state index contributed by atoms with van der Waals surface area (Å²) in [6.45, 7) is 0.195. The molecule has 3 amide bonds. The first kappa shape index (κ1) is 20.2. The van der Waals surface area contributed by atoms with Crippen LogP contribution in [0.5, 0.6) is 0 Å². The first-order chi connectivity index (χ1) is 14.2. The monoisotopic (exact) mass is 431 g/mol. The second-order valence-corrected chi connectivity index (χ2v) is 8.94. The summed E-state index contributed by atoms with van der Waals surface area (Å²) in [7, 11) is -3.84. The van der Waals surface area contributed by atoms with E-state index in [0.717, 1.165) is 17.7 Å². The van der Waals surface area contributed by atoms with Crippen molar-refractivity contribution in [2.45, 2.75) is 36.9 Å². The van der Waals surface area contributed by atoms with Crippen LogP contribution < -0.4 is 10.0 Å². The second kappa shape index (κ2) is 7.62. The number of rotatable bonds is 5. The van der Waals surface area contributed by atoms with E-state index in [1.165, 1.54) is 17.0 Å². The molecule has 156 valence electrons. The van der Waals surface area contributed by atoms with E-state index in [9.17, 15) is 27.2 Å². The largest absolute Gasteiger partial charge is 0.322 e. The van der Waals surface area contributed by atoms with Crippen molar-refractivity contribution in [3.05, 3.63) is 65.0 Å². The summed E-state index contributed by atoms with van der Waals surface area (Å²) in [5.41, 5.74) is 1.70. The van der Waals surface area contributed by atoms with Crippen molar-refractivity contribution in [1.82, 2.24) is 14.9 Å². The molecule has 4 rings (SSSR count). The third kappa shape index (κ3) is 3.83. The van der Waals surface area contributed by atoms with Gasteiger partial charge in [0.15, 0.2) is 0 Å². The summed E-state index contributed by atoms with van der Waals surface area (Å²) in [5, 5.41) is 2.25. The molecule has 1 saturated heterocycles. The number of amides is 3. The van der Waals surface area contributed by atoms with Gasteiger partial charge >= 0.3 is 0 Å². The number of piperidine rings is 1. The van der Waals surface area contributed by atoms with Crippen molar-refractivity contribution in [2.75, 3.05) is 0 Å². The van der Waals surface area contributed by atoms with Crippen LogP contribution in [0.4, 0.5) is 4.39 Å². The number of imide groups is 1. The number of carbonyl (C=O) groups excluding carboxylic acids is 3. The number of fused-ring (bicyclic) bond motifs is 1. The number of sulfonamides is 1. The molecule has 2 aromatic rings. The average molecular weight is 431 g/mol. The molecular weight excluding hydrogens is 413 g/mol. The van der Waals surface area contributed by atoms with E-state index < -0.39 is 27.8 Å². The summed E-state index contributed by atoms with van der Waals surface area (Å²) in [4.78, 5) is 37.6. The molecule has 0 bridgehead atoms. The molecule has 2 N–H and O–H groups in total. The number of benzene rings is 2. The van der Waals surface area contributed by atoms with Crippen molar-refractivity contribution in [3.8, 4) is 0 Å². The van der Waals surface area contributed by atoms with E-state index in [4.69, 9.17) is 0 Å². The van der Waals surface area contributed by atoms with Crippen LogP contribution in [0.15, 0.2) is 47.4 Å². The highest BCUT2D eigenvalue weighted by Gasteiger charge is 2.39. The van der Waals surface area contributed by atoms with E-state index >= 15 is 0 Å². The Morgan fingerprint density at radius 3 is 2.53 bits per heavy atom. The third-order valence-corrected chi connectivity index (χ3v) is 6.60. The molecule has 10 heteroatoms. The number of hydrogen-bond donors (Lipinski definition) is 2. The Labute approximate surface area is 172 Å². The predicted molar refractivity (Wildman–Crippen MR) is 103 cm³/mol. The van der Waals surface area contributed by atoms with E-state index in [0.29, 0.717) is 11.1 Å². The van der Waals surface area contributed by atoms with Crippen LogP contribution in [0.3, 0.4) is 0 Å².